The topological polar surface area (TPSA) is 87.7 Å². The molecule has 0 radical (unpaired) electrons. The van der Waals surface area contributed by atoms with Gasteiger partial charge in [-0.1, -0.05) is 61.4 Å². The number of anilines is 1. The van der Waals surface area contributed by atoms with Crippen molar-refractivity contribution in [2.45, 2.75) is 71.2 Å². The molecule has 8 heteroatoms. The highest BCUT2D eigenvalue weighted by molar-refractivity contribution is 7.80. The van der Waals surface area contributed by atoms with Crippen molar-refractivity contribution < 1.29 is 19.1 Å². The quantitative estimate of drug-likeness (QED) is 0.206. The van der Waals surface area contributed by atoms with Gasteiger partial charge >= 0.3 is 6.09 Å². The van der Waals surface area contributed by atoms with Crippen LogP contribution in [0.4, 0.5) is 10.5 Å². The van der Waals surface area contributed by atoms with E-state index >= 15 is 0 Å². The molecule has 0 aliphatic heterocycles. The summed E-state index contributed by atoms with van der Waals surface area (Å²) in [6.45, 7) is 10.9. The van der Waals surface area contributed by atoms with Gasteiger partial charge in [-0.25, -0.2) is 4.79 Å². The molecule has 0 saturated heterocycles. The van der Waals surface area contributed by atoms with E-state index in [0.717, 1.165) is 10.8 Å². The Bertz CT molecular complexity index is 1450. The lowest BCUT2D eigenvalue weighted by Crippen LogP contribution is -2.59. The van der Waals surface area contributed by atoms with E-state index in [0.29, 0.717) is 23.2 Å². The zero-order valence-electron chi connectivity index (χ0n) is 24.5. The molecule has 7 nitrogen and oxygen atoms in total. The van der Waals surface area contributed by atoms with Crippen LogP contribution in [0.3, 0.4) is 0 Å². The Kier molecular flexibility index (Phi) is 10.1. The van der Waals surface area contributed by atoms with E-state index in [1.54, 1.807) is 45.0 Å². The molecule has 0 aliphatic carbocycles. The second-order valence-electron chi connectivity index (χ2n) is 11.4. The summed E-state index contributed by atoms with van der Waals surface area (Å²) in [5.41, 5.74) is -0.0148. The molecule has 0 spiro atoms. The molecule has 0 saturated carbocycles. The molecule has 2 unspecified atom stereocenters. The first-order valence-corrected chi connectivity index (χ1v) is 14.2. The number of nitrogens with zero attached hydrogens (tertiary/aromatic N) is 1. The molecule has 0 aromatic heterocycles. The van der Waals surface area contributed by atoms with Crippen LogP contribution in [0.1, 0.15) is 65.1 Å². The zero-order valence-corrected chi connectivity index (χ0v) is 25.4. The fraction of sp³-hybridized carbons (Fsp3) is 0.364. The highest BCUT2D eigenvalue weighted by Gasteiger charge is 2.43. The first kappa shape index (κ1) is 31.6. The first-order valence-electron chi connectivity index (χ1n) is 13.6. The lowest BCUT2D eigenvalue weighted by atomic mass is 9.90. The van der Waals surface area contributed by atoms with Gasteiger partial charge in [-0.3, -0.25) is 9.59 Å². The third-order valence-electron chi connectivity index (χ3n) is 6.86. The summed E-state index contributed by atoms with van der Waals surface area (Å²) in [5.74, 6) is 1.73. The Morgan fingerprint density at radius 2 is 1.61 bits per heavy atom. The summed E-state index contributed by atoms with van der Waals surface area (Å²) in [6.07, 6.45) is 5.63. The smallest absolute Gasteiger partial charge is 0.408 e. The molecule has 41 heavy (non-hydrogen) atoms. The van der Waals surface area contributed by atoms with Crippen LogP contribution in [0.25, 0.3) is 10.8 Å². The van der Waals surface area contributed by atoms with Crippen molar-refractivity contribution in [3.05, 3.63) is 77.9 Å². The summed E-state index contributed by atoms with van der Waals surface area (Å²) in [7, 11) is 0. The highest BCUT2D eigenvalue weighted by atomic mass is 32.1. The number of benzene rings is 3. The van der Waals surface area contributed by atoms with E-state index in [1.165, 1.54) is 4.90 Å². The number of rotatable bonds is 9. The fourth-order valence-electron chi connectivity index (χ4n) is 4.49. The summed E-state index contributed by atoms with van der Waals surface area (Å²) >= 11 is 4.37. The normalized spacial score (nSPS) is 13.0. The predicted octanol–water partition coefficient (Wildman–Crippen LogP) is 6.34. The molecule has 3 aromatic carbocycles. The number of hydrogen-bond acceptors (Lipinski definition) is 5. The van der Waals surface area contributed by atoms with E-state index in [2.05, 4.69) is 29.2 Å². The number of nitrogens with one attached hydrogen (secondary N) is 2. The Morgan fingerprint density at radius 1 is 0.976 bits per heavy atom. The lowest BCUT2D eigenvalue weighted by Gasteiger charge is -2.44. The molecule has 2 N–H and O–H groups in total. The molecule has 0 aliphatic rings. The van der Waals surface area contributed by atoms with Crippen LogP contribution < -0.4 is 10.6 Å². The third-order valence-corrected chi connectivity index (χ3v) is 7.23. The van der Waals surface area contributed by atoms with Crippen LogP contribution in [0, 0.1) is 12.3 Å². The minimum Gasteiger partial charge on any atom is -0.444 e. The predicted molar refractivity (Wildman–Crippen MR) is 168 cm³/mol. The lowest BCUT2D eigenvalue weighted by molar-refractivity contribution is -0.147. The van der Waals surface area contributed by atoms with Gasteiger partial charge in [-0.2, -0.15) is 12.6 Å². The second-order valence-corrected chi connectivity index (χ2v) is 11.8. The molecule has 0 fully saturated rings. The maximum atomic E-state index is 14.3. The van der Waals surface area contributed by atoms with Crippen LogP contribution in [0.2, 0.25) is 0 Å². The standard InChI is InChI=1S/C33H39N3O4S/c1-8-22-14-12-13-17-26(22)28(29(37)34-25-19-18-23-15-10-11-16-24(23)20-25)36(33(6,7)9-2)30(38)27(21-41)35-31(39)40-32(3,4)5/h1,10-20,27-28,41H,9,21H2,2-7H3,(H,34,37)(H,35,39). The number of ether oxygens (including phenoxy) is 1. The van der Waals surface area contributed by atoms with Gasteiger partial charge in [0.1, 0.15) is 17.7 Å². The number of amides is 3. The number of thiol groups is 1. The van der Waals surface area contributed by atoms with Gasteiger partial charge in [0.15, 0.2) is 0 Å². The van der Waals surface area contributed by atoms with Crippen molar-refractivity contribution in [3.63, 3.8) is 0 Å². The van der Waals surface area contributed by atoms with Gasteiger partial charge < -0.3 is 20.3 Å². The molecule has 216 valence electrons. The van der Waals surface area contributed by atoms with E-state index in [4.69, 9.17) is 11.2 Å². The van der Waals surface area contributed by atoms with Gasteiger partial charge in [-0.05, 0) is 75.6 Å². The van der Waals surface area contributed by atoms with Crippen LogP contribution in [-0.2, 0) is 14.3 Å². The zero-order chi connectivity index (χ0) is 30.4. The first-order chi connectivity index (χ1) is 19.3. The van der Waals surface area contributed by atoms with E-state index in [1.807, 2.05) is 63.2 Å². The molecule has 3 rings (SSSR count). The fourth-order valence-corrected chi connectivity index (χ4v) is 4.74. The van der Waals surface area contributed by atoms with E-state index in [9.17, 15) is 14.4 Å². The van der Waals surface area contributed by atoms with Crippen LogP contribution in [0.5, 0.6) is 0 Å². The van der Waals surface area contributed by atoms with Gasteiger partial charge in [0.05, 0.1) is 0 Å². The minimum absolute atomic E-state index is 0.00975. The van der Waals surface area contributed by atoms with E-state index < -0.39 is 41.1 Å². The molecule has 3 aromatic rings. The number of carbonyl (C=O) groups excluding carboxylic acids is 3. The van der Waals surface area contributed by atoms with Gasteiger partial charge in [0, 0.05) is 22.5 Å². The van der Waals surface area contributed by atoms with Crippen molar-refractivity contribution >= 4 is 47.0 Å². The average Bonchev–Trinajstić information content (AvgIpc) is 2.93. The monoisotopic (exact) mass is 573 g/mol. The van der Waals surface area contributed by atoms with Crippen molar-refractivity contribution in [3.8, 4) is 12.3 Å². The molecular weight excluding hydrogens is 534 g/mol. The van der Waals surface area contributed by atoms with Crippen LogP contribution in [0.15, 0.2) is 66.7 Å². The Balaban J connectivity index is 2.11. The van der Waals surface area contributed by atoms with E-state index in [-0.39, 0.29) is 5.75 Å². The second kappa shape index (κ2) is 13.1. The number of carbonyl (C=O) groups is 3. The summed E-state index contributed by atoms with van der Waals surface area (Å²) < 4.78 is 5.39. The minimum atomic E-state index is -1.11. The number of hydrogen-bond donors (Lipinski definition) is 3. The molecular formula is C33H39N3O4S. The molecule has 0 heterocycles. The van der Waals surface area contributed by atoms with Gasteiger partial charge in [0.25, 0.3) is 5.91 Å². The van der Waals surface area contributed by atoms with Crippen LogP contribution in [-0.4, -0.2) is 45.7 Å². The number of terminal acetylenes is 1. The Morgan fingerprint density at radius 3 is 2.22 bits per heavy atom. The Labute approximate surface area is 248 Å². The van der Waals surface area contributed by atoms with Crippen molar-refractivity contribution in [1.29, 1.82) is 0 Å². The highest BCUT2D eigenvalue weighted by Crippen LogP contribution is 2.34. The molecule has 2 atom stereocenters. The maximum absolute atomic E-state index is 14.3. The summed E-state index contributed by atoms with van der Waals surface area (Å²) in [4.78, 5) is 42.7. The Hall–Kier alpha value is -3.96. The SMILES string of the molecule is C#Cc1ccccc1C(C(=O)Nc1ccc2ccccc2c1)N(C(=O)C(CS)NC(=O)OC(C)(C)C)C(C)(C)CC. The molecule has 3 amide bonds. The molecule has 0 bridgehead atoms. The van der Waals surface area contributed by atoms with Crippen molar-refractivity contribution in [1.82, 2.24) is 10.2 Å². The average molecular weight is 574 g/mol. The summed E-state index contributed by atoms with van der Waals surface area (Å²) in [5, 5.41) is 7.65. The number of fused-ring (bicyclic) bond motifs is 1. The summed E-state index contributed by atoms with van der Waals surface area (Å²) in [6, 6.07) is 18.4. The maximum Gasteiger partial charge on any atom is 0.408 e. The largest absolute Gasteiger partial charge is 0.444 e. The third kappa shape index (κ3) is 7.83. The van der Waals surface area contributed by atoms with Crippen LogP contribution >= 0.6 is 12.6 Å². The number of alkyl carbamates (subject to hydrolysis) is 1. The van der Waals surface area contributed by atoms with Crippen molar-refractivity contribution in [2.75, 3.05) is 11.1 Å². The van der Waals surface area contributed by atoms with Gasteiger partial charge in [-0.15, -0.1) is 6.42 Å². The van der Waals surface area contributed by atoms with Gasteiger partial charge in [0.2, 0.25) is 5.91 Å². The van der Waals surface area contributed by atoms with Crippen molar-refractivity contribution in [2.24, 2.45) is 0 Å².